The molecule has 0 radical (unpaired) electrons. The number of hydrogen-bond acceptors (Lipinski definition) is 6. The first kappa shape index (κ1) is 17.6. The molecule has 0 saturated heterocycles. The summed E-state index contributed by atoms with van der Waals surface area (Å²) < 4.78 is 29.5. The van der Waals surface area contributed by atoms with E-state index < -0.39 is 17.9 Å². The third kappa shape index (κ3) is 3.72. The summed E-state index contributed by atoms with van der Waals surface area (Å²) in [6.07, 6.45) is -0.772. The number of benzene rings is 2. The van der Waals surface area contributed by atoms with Crippen LogP contribution >= 0.6 is 0 Å². The number of esters is 1. The number of hydrogen-bond donors (Lipinski definition) is 0. The van der Waals surface area contributed by atoms with E-state index in [4.69, 9.17) is 13.9 Å². The summed E-state index contributed by atoms with van der Waals surface area (Å²) in [5, 5.41) is 7.87. The van der Waals surface area contributed by atoms with Crippen LogP contribution in [0.3, 0.4) is 0 Å². The van der Waals surface area contributed by atoms with E-state index in [-0.39, 0.29) is 11.5 Å². The van der Waals surface area contributed by atoms with E-state index in [1.165, 1.54) is 12.1 Å². The molecule has 1 aromatic heterocycles. The summed E-state index contributed by atoms with van der Waals surface area (Å²) in [5.41, 5.74) is 1.29. The number of carbonyl (C=O) groups excluding carboxylic acids is 1. The molecule has 7 heteroatoms. The molecule has 0 spiro atoms. The maximum Gasteiger partial charge on any atom is 0.339 e. The Morgan fingerprint density at radius 1 is 1.15 bits per heavy atom. The minimum Gasteiger partial charge on any atom is -0.497 e. The zero-order valence-corrected chi connectivity index (χ0v) is 14.5. The van der Waals surface area contributed by atoms with E-state index in [9.17, 15) is 9.18 Å². The maximum absolute atomic E-state index is 13.6. The molecule has 26 heavy (non-hydrogen) atoms. The fourth-order valence-electron chi connectivity index (χ4n) is 2.25. The number of methoxy groups -OCH3 is 1. The molecule has 0 unspecified atom stereocenters. The number of halogens is 1. The highest BCUT2D eigenvalue weighted by molar-refractivity contribution is 5.89. The average molecular weight is 356 g/mol. The summed E-state index contributed by atoms with van der Waals surface area (Å²) in [6, 6.07) is 11.3. The average Bonchev–Trinajstić information content (AvgIpc) is 3.14. The standard InChI is InChI=1S/C19H17FN2O4/c1-11-4-5-14(10-16(11)20)19(23)25-12(2)17-21-22-18(26-17)13-6-8-15(24-3)9-7-13/h4-10,12H,1-3H3/t12-/m0/s1. The summed E-state index contributed by atoms with van der Waals surface area (Å²) in [4.78, 5) is 12.1. The molecule has 0 aliphatic heterocycles. The number of aryl methyl sites for hydroxylation is 1. The van der Waals surface area contributed by atoms with Crippen LogP contribution in [0.2, 0.25) is 0 Å². The quantitative estimate of drug-likeness (QED) is 0.641. The van der Waals surface area contributed by atoms with Crippen molar-refractivity contribution >= 4 is 5.97 Å². The lowest BCUT2D eigenvalue weighted by atomic mass is 10.1. The van der Waals surface area contributed by atoms with Gasteiger partial charge in [-0.25, -0.2) is 9.18 Å². The van der Waals surface area contributed by atoms with Crippen molar-refractivity contribution in [3.63, 3.8) is 0 Å². The van der Waals surface area contributed by atoms with Crippen molar-refractivity contribution < 1.29 is 23.1 Å². The zero-order chi connectivity index (χ0) is 18.7. The van der Waals surface area contributed by atoms with Crippen molar-refractivity contribution in [3.05, 3.63) is 65.3 Å². The van der Waals surface area contributed by atoms with Crippen LogP contribution in [0.1, 0.15) is 34.8 Å². The Bertz CT molecular complexity index is 922. The van der Waals surface area contributed by atoms with Gasteiger partial charge in [0, 0.05) is 5.56 Å². The van der Waals surface area contributed by atoms with Crippen molar-refractivity contribution in [2.45, 2.75) is 20.0 Å². The molecule has 2 aromatic carbocycles. The molecule has 134 valence electrons. The summed E-state index contributed by atoms with van der Waals surface area (Å²) in [7, 11) is 1.58. The van der Waals surface area contributed by atoms with Gasteiger partial charge in [-0.15, -0.1) is 10.2 Å². The highest BCUT2D eigenvalue weighted by atomic mass is 19.1. The first-order valence-corrected chi connectivity index (χ1v) is 7.93. The Balaban J connectivity index is 1.71. The summed E-state index contributed by atoms with van der Waals surface area (Å²) in [6.45, 7) is 3.22. The van der Waals surface area contributed by atoms with Crippen molar-refractivity contribution in [1.29, 1.82) is 0 Å². The summed E-state index contributed by atoms with van der Waals surface area (Å²) >= 11 is 0. The number of ether oxygens (including phenoxy) is 2. The van der Waals surface area contributed by atoms with E-state index in [0.717, 1.165) is 6.07 Å². The molecular formula is C19H17FN2O4. The van der Waals surface area contributed by atoms with Crippen molar-refractivity contribution in [2.75, 3.05) is 7.11 Å². The van der Waals surface area contributed by atoms with Crippen LogP contribution in [0.5, 0.6) is 5.75 Å². The van der Waals surface area contributed by atoms with Gasteiger partial charge in [0.05, 0.1) is 12.7 Å². The normalized spacial score (nSPS) is 11.8. The minimum atomic E-state index is -0.772. The molecule has 0 amide bonds. The van der Waals surface area contributed by atoms with Gasteiger partial charge in [0.1, 0.15) is 11.6 Å². The third-order valence-electron chi connectivity index (χ3n) is 3.82. The van der Waals surface area contributed by atoms with Crippen molar-refractivity contribution in [2.24, 2.45) is 0 Å². The molecule has 0 aliphatic rings. The van der Waals surface area contributed by atoms with Gasteiger partial charge < -0.3 is 13.9 Å². The minimum absolute atomic E-state index is 0.120. The van der Waals surface area contributed by atoms with Crippen LogP contribution in [0.25, 0.3) is 11.5 Å². The van der Waals surface area contributed by atoms with Crippen LogP contribution in [-0.4, -0.2) is 23.3 Å². The monoisotopic (exact) mass is 356 g/mol. The molecule has 3 aromatic rings. The highest BCUT2D eigenvalue weighted by Crippen LogP contribution is 2.25. The lowest BCUT2D eigenvalue weighted by Crippen LogP contribution is -2.10. The van der Waals surface area contributed by atoms with Gasteiger partial charge in [0.2, 0.25) is 5.89 Å². The van der Waals surface area contributed by atoms with Crippen LogP contribution in [0, 0.1) is 12.7 Å². The molecule has 0 bridgehead atoms. The second kappa shape index (κ2) is 7.35. The topological polar surface area (TPSA) is 74.5 Å². The van der Waals surface area contributed by atoms with Crippen LogP contribution in [0.4, 0.5) is 4.39 Å². The fourth-order valence-corrected chi connectivity index (χ4v) is 2.25. The molecule has 6 nitrogen and oxygen atoms in total. The Morgan fingerprint density at radius 3 is 2.54 bits per heavy atom. The smallest absolute Gasteiger partial charge is 0.339 e. The Labute approximate surface area is 149 Å². The molecule has 3 rings (SSSR count). The van der Waals surface area contributed by atoms with E-state index in [2.05, 4.69) is 10.2 Å². The van der Waals surface area contributed by atoms with Gasteiger partial charge in [-0.3, -0.25) is 0 Å². The van der Waals surface area contributed by atoms with Gasteiger partial charge in [-0.2, -0.15) is 0 Å². The van der Waals surface area contributed by atoms with E-state index in [1.807, 2.05) is 0 Å². The van der Waals surface area contributed by atoms with Crippen molar-refractivity contribution in [1.82, 2.24) is 10.2 Å². The third-order valence-corrected chi connectivity index (χ3v) is 3.82. The lowest BCUT2D eigenvalue weighted by molar-refractivity contribution is 0.0279. The maximum atomic E-state index is 13.6. The number of nitrogens with zero attached hydrogens (tertiary/aromatic N) is 2. The Kier molecular flexibility index (Phi) is 4.97. The molecule has 0 fully saturated rings. The SMILES string of the molecule is COc1ccc(-c2nnc([C@H](C)OC(=O)c3ccc(C)c(F)c3)o2)cc1. The Morgan fingerprint density at radius 2 is 1.88 bits per heavy atom. The molecule has 0 aliphatic carbocycles. The number of carbonyl (C=O) groups is 1. The van der Waals surface area contributed by atoms with Crippen molar-refractivity contribution in [3.8, 4) is 17.2 Å². The lowest BCUT2D eigenvalue weighted by Gasteiger charge is -2.09. The molecule has 0 saturated carbocycles. The van der Waals surface area contributed by atoms with Gasteiger partial charge in [-0.1, -0.05) is 6.07 Å². The summed E-state index contributed by atoms with van der Waals surface area (Å²) in [5.74, 6) is 0.0251. The van der Waals surface area contributed by atoms with Gasteiger partial charge >= 0.3 is 5.97 Å². The largest absolute Gasteiger partial charge is 0.497 e. The van der Waals surface area contributed by atoms with Gasteiger partial charge in [-0.05, 0) is 55.8 Å². The predicted octanol–water partition coefficient (Wildman–Crippen LogP) is 4.11. The van der Waals surface area contributed by atoms with Crippen LogP contribution in [0.15, 0.2) is 46.9 Å². The molecular weight excluding hydrogens is 339 g/mol. The second-order valence-electron chi connectivity index (χ2n) is 5.69. The van der Waals surface area contributed by atoms with Gasteiger partial charge in [0.25, 0.3) is 5.89 Å². The first-order valence-electron chi connectivity index (χ1n) is 7.93. The van der Waals surface area contributed by atoms with Gasteiger partial charge in [0.15, 0.2) is 6.10 Å². The zero-order valence-electron chi connectivity index (χ0n) is 14.5. The number of rotatable bonds is 5. The second-order valence-corrected chi connectivity index (χ2v) is 5.69. The van der Waals surface area contributed by atoms with E-state index >= 15 is 0 Å². The van der Waals surface area contributed by atoms with Crippen LogP contribution in [-0.2, 0) is 4.74 Å². The van der Waals surface area contributed by atoms with Crippen LogP contribution < -0.4 is 4.74 Å². The predicted molar refractivity (Wildman–Crippen MR) is 91.3 cm³/mol. The highest BCUT2D eigenvalue weighted by Gasteiger charge is 2.20. The first-order chi connectivity index (χ1) is 12.5. The number of aromatic nitrogens is 2. The van der Waals surface area contributed by atoms with E-state index in [1.54, 1.807) is 45.2 Å². The molecule has 1 heterocycles. The molecule has 1 atom stereocenters. The fraction of sp³-hybridized carbons (Fsp3) is 0.211. The van der Waals surface area contributed by atoms with E-state index in [0.29, 0.717) is 22.8 Å². The Hall–Kier alpha value is -3.22. The molecule has 0 N–H and O–H groups in total.